The number of amides is 7. The summed E-state index contributed by atoms with van der Waals surface area (Å²) in [6.07, 6.45) is 7.20. The molecule has 1 aromatic heterocycles. The Bertz CT molecular complexity index is 2500. The molecule has 73 heavy (non-hydrogen) atoms. The largest absolute Gasteiger partial charge is 0.595 e. The lowest BCUT2D eigenvalue weighted by molar-refractivity contribution is -0.991. The van der Waals surface area contributed by atoms with E-state index in [9.17, 15) is 44.3 Å². The number of phenols is 1. The summed E-state index contributed by atoms with van der Waals surface area (Å²) in [4.78, 5) is 105. The predicted molar refractivity (Wildman–Crippen MR) is 279 cm³/mol. The van der Waals surface area contributed by atoms with E-state index < -0.39 is 106 Å². The highest BCUT2D eigenvalue weighted by Gasteiger charge is 2.39. The van der Waals surface area contributed by atoms with Gasteiger partial charge in [0.1, 0.15) is 42.3 Å². The summed E-state index contributed by atoms with van der Waals surface area (Å²) >= 11 is 0. The Morgan fingerprint density at radius 3 is 1.79 bits per heavy atom. The number of hydrogen-bond donors (Lipinski definition) is 8. The Morgan fingerprint density at radius 2 is 1.23 bits per heavy atom. The quantitative estimate of drug-likeness (QED) is 0.0623. The number of aromatic hydroxyl groups is 1. The van der Waals surface area contributed by atoms with Crippen molar-refractivity contribution < 1.29 is 49.1 Å². The zero-order valence-corrected chi connectivity index (χ0v) is 44.6. The molecule has 1 aliphatic rings. The number of likely N-dealkylation sites (N-methyl/N-ethyl adjacent to an activating group) is 2. The van der Waals surface area contributed by atoms with Crippen molar-refractivity contribution >= 4 is 57.9 Å². The Balaban J connectivity index is 1.97. The van der Waals surface area contributed by atoms with Crippen LogP contribution in [0.3, 0.4) is 0 Å². The molecule has 400 valence electrons. The van der Waals surface area contributed by atoms with E-state index in [1.165, 1.54) is 43.0 Å². The first-order valence-electron chi connectivity index (χ1n) is 25.2. The van der Waals surface area contributed by atoms with Crippen LogP contribution in [0.15, 0.2) is 73.5 Å². The summed E-state index contributed by atoms with van der Waals surface area (Å²) in [6.45, 7) is 22.4. The number of phenolic OH excluding ortho intramolecular Hbond substituents is 1. The van der Waals surface area contributed by atoms with Gasteiger partial charge < -0.3 is 51.3 Å². The fourth-order valence-electron chi connectivity index (χ4n) is 9.03. The Morgan fingerprint density at radius 1 is 0.712 bits per heavy atom. The van der Waals surface area contributed by atoms with Gasteiger partial charge in [0.15, 0.2) is 5.75 Å². The maximum Gasteiger partial charge on any atom is 0.245 e. The number of allylic oxidation sites excluding steroid dienone is 2. The molecule has 0 aliphatic carbocycles. The summed E-state index contributed by atoms with van der Waals surface area (Å²) in [5, 5.41) is 45.7. The highest BCUT2D eigenvalue weighted by Crippen LogP contribution is 2.30. The third kappa shape index (κ3) is 15.5. The van der Waals surface area contributed by atoms with Crippen LogP contribution in [0.5, 0.6) is 5.75 Å². The molecule has 4 rings (SSSR count). The standard InChI is InChI=1S/C54H79N9O10/c1-14-16-20-38-47(65)59-41(29-36-30-62(54(10,11)15-2)42-21-18-17-19-37(36)42)53(71)61(13)45(26-33(7)8)51(69)58-40(27-35-22-23-46(64)43(28-35)63(72)73)48(66)55-34(9)52(70)60(12)44(25-32(5)6)50(68)57-39(24-31(3)4)49(67)56-38/h14-19,21-23,28,30-34,38-41,44-45,63-64,72H,2,20,24-27,29H2,1,3-13H3,(H,55,66)(H,56,67)(H,57,68)(H,58,69)(H,59,65)/t34-,38+,39-,40+,41-,44-,45+/m0/s1. The van der Waals surface area contributed by atoms with Crippen molar-refractivity contribution in [3.63, 3.8) is 0 Å². The Labute approximate surface area is 429 Å². The smallest absolute Gasteiger partial charge is 0.245 e. The van der Waals surface area contributed by atoms with Crippen LogP contribution in [0, 0.1) is 23.0 Å². The van der Waals surface area contributed by atoms with Crippen molar-refractivity contribution in [2.24, 2.45) is 17.8 Å². The van der Waals surface area contributed by atoms with Crippen LogP contribution in [0.4, 0.5) is 5.69 Å². The first-order valence-corrected chi connectivity index (χ1v) is 25.2. The predicted octanol–water partition coefficient (Wildman–Crippen LogP) is 3.67. The lowest BCUT2D eigenvalue weighted by Crippen LogP contribution is -2.99. The van der Waals surface area contributed by atoms with Crippen LogP contribution in [0.25, 0.3) is 10.9 Å². The molecule has 0 radical (unpaired) electrons. The summed E-state index contributed by atoms with van der Waals surface area (Å²) in [6, 6.07) is 2.50. The number of carbonyl (C=O) groups excluding carboxylic acids is 7. The van der Waals surface area contributed by atoms with E-state index in [1.54, 1.807) is 25.2 Å². The normalized spacial score (nSPS) is 23.4. The number of rotatable bonds is 15. The van der Waals surface area contributed by atoms with E-state index >= 15 is 4.79 Å². The van der Waals surface area contributed by atoms with Gasteiger partial charge in [0.2, 0.25) is 47.0 Å². The van der Waals surface area contributed by atoms with Crippen LogP contribution < -0.4 is 31.8 Å². The summed E-state index contributed by atoms with van der Waals surface area (Å²) in [5.74, 6) is -5.88. The van der Waals surface area contributed by atoms with Gasteiger partial charge in [0.25, 0.3) is 0 Å². The molecule has 1 fully saturated rings. The van der Waals surface area contributed by atoms with E-state index in [2.05, 4.69) is 33.2 Å². The van der Waals surface area contributed by atoms with Crippen molar-refractivity contribution in [3.05, 3.63) is 89.8 Å². The van der Waals surface area contributed by atoms with Crippen LogP contribution in [-0.4, -0.2) is 122 Å². The maximum absolute atomic E-state index is 15.3. The number of aromatic nitrogens is 1. The van der Waals surface area contributed by atoms with Crippen molar-refractivity contribution in [2.45, 2.75) is 156 Å². The second-order valence-corrected chi connectivity index (χ2v) is 21.1. The lowest BCUT2D eigenvalue weighted by atomic mass is 9.98. The number of nitrogens with one attached hydrogen (secondary N) is 6. The monoisotopic (exact) mass is 1010 g/mol. The fourth-order valence-corrected chi connectivity index (χ4v) is 9.03. The summed E-state index contributed by atoms with van der Waals surface area (Å²) in [5.41, 5.74) is 0.757. The molecule has 0 spiro atoms. The maximum atomic E-state index is 15.3. The number of carbonyl (C=O) groups is 7. The Kier molecular flexibility index (Phi) is 20.9. The topological polar surface area (TPSA) is 259 Å². The highest BCUT2D eigenvalue weighted by atomic mass is 16.8. The molecule has 8 atom stereocenters. The van der Waals surface area contributed by atoms with E-state index in [0.717, 1.165) is 17.0 Å². The summed E-state index contributed by atoms with van der Waals surface area (Å²) < 4.78 is 2.03. The molecule has 2 heterocycles. The van der Waals surface area contributed by atoms with Gasteiger partial charge in [-0.25, -0.2) is 5.21 Å². The molecule has 0 bridgehead atoms. The van der Waals surface area contributed by atoms with Gasteiger partial charge in [0.05, 0.1) is 5.54 Å². The number of benzene rings is 2. The van der Waals surface area contributed by atoms with Crippen LogP contribution in [0.1, 0.15) is 106 Å². The van der Waals surface area contributed by atoms with E-state index in [-0.39, 0.29) is 61.8 Å². The first kappa shape index (κ1) is 59.0. The highest BCUT2D eigenvalue weighted by molar-refractivity contribution is 5.99. The Hall–Kier alpha value is -6.57. The number of nitrogens with zero attached hydrogens (tertiary/aromatic N) is 3. The van der Waals surface area contributed by atoms with Crippen LogP contribution in [0.2, 0.25) is 0 Å². The van der Waals surface area contributed by atoms with Gasteiger partial charge in [-0.3, -0.25) is 33.6 Å². The van der Waals surface area contributed by atoms with Crippen molar-refractivity contribution in [3.8, 4) is 5.75 Å². The SMILES string of the molecule is C=CC(C)(C)n1cc(C[C@@H]2NC(=O)[C@@H](CC=CC)NC(=O)[C@H](CC(C)C)NC(=O)[C@H](CC(C)C)N(C)C(=O)[C@H](C)NC(=O)[C@@H](Cc3ccc(O)c([NH+]([O-])O)c3)NC(=O)[C@@H](CC(C)C)N(C)C2=O)c2ccccc21. The zero-order valence-electron chi connectivity index (χ0n) is 44.6. The number of hydrogen-bond acceptors (Lipinski definition) is 10. The van der Waals surface area contributed by atoms with E-state index in [4.69, 9.17) is 0 Å². The van der Waals surface area contributed by atoms with Crippen molar-refractivity contribution in [1.82, 2.24) is 41.0 Å². The van der Waals surface area contributed by atoms with Gasteiger partial charge >= 0.3 is 0 Å². The van der Waals surface area contributed by atoms with Gasteiger partial charge in [0, 0.05) is 50.1 Å². The summed E-state index contributed by atoms with van der Waals surface area (Å²) in [7, 11) is 2.85. The van der Waals surface area contributed by atoms with Crippen LogP contribution >= 0.6 is 0 Å². The number of fused-ring (bicyclic) bond motifs is 1. The minimum absolute atomic E-state index is 0.0148. The van der Waals surface area contributed by atoms with Gasteiger partial charge in [-0.1, -0.05) is 84.0 Å². The van der Waals surface area contributed by atoms with Crippen LogP contribution in [-0.2, 0) is 51.9 Å². The molecule has 7 amide bonds. The molecule has 1 unspecified atom stereocenters. The van der Waals surface area contributed by atoms with Crippen molar-refractivity contribution in [1.29, 1.82) is 0 Å². The average Bonchev–Trinajstić information content (AvgIpc) is 3.70. The van der Waals surface area contributed by atoms with Crippen molar-refractivity contribution in [2.75, 3.05) is 14.1 Å². The lowest BCUT2D eigenvalue weighted by Gasteiger charge is -2.33. The molecule has 2 aromatic carbocycles. The molecular formula is C54H79N9O10. The molecule has 19 nitrogen and oxygen atoms in total. The second kappa shape index (κ2) is 25.9. The molecule has 1 aliphatic heterocycles. The second-order valence-electron chi connectivity index (χ2n) is 21.1. The number of para-hydroxylation sites is 1. The molecule has 8 N–H and O–H groups in total. The molecule has 0 saturated carbocycles. The molecule has 1 saturated heterocycles. The first-order chi connectivity index (χ1) is 34.2. The molecule has 3 aromatic rings. The molecular weight excluding hydrogens is 935 g/mol. The van der Waals surface area contributed by atoms with Gasteiger partial charge in [-0.2, -0.15) is 5.23 Å². The number of quaternary nitrogens is 1. The third-order valence-electron chi connectivity index (χ3n) is 13.3. The minimum Gasteiger partial charge on any atom is -0.595 e. The zero-order chi connectivity index (χ0) is 54.6. The van der Waals surface area contributed by atoms with Gasteiger partial charge in [-0.05, 0) is 94.4 Å². The van der Waals surface area contributed by atoms with E-state index in [1.807, 2.05) is 90.4 Å². The fraction of sp³-hybridized carbons (Fsp3) is 0.537. The van der Waals surface area contributed by atoms with E-state index in [0.29, 0.717) is 5.56 Å². The minimum atomic E-state index is -1.47. The average molecular weight is 1010 g/mol. The molecule has 19 heteroatoms. The van der Waals surface area contributed by atoms with Gasteiger partial charge in [-0.15, -0.1) is 6.58 Å². The third-order valence-corrected chi connectivity index (χ3v) is 13.3.